The highest BCUT2D eigenvalue weighted by molar-refractivity contribution is 5.75. The number of nitrogens with two attached hydrogens (primary N) is 2. The lowest BCUT2D eigenvalue weighted by molar-refractivity contribution is 1.07. The summed E-state index contributed by atoms with van der Waals surface area (Å²) >= 11 is 0. The van der Waals surface area contributed by atoms with E-state index < -0.39 is 0 Å². The Labute approximate surface area is 41.9 Å². The normalized spacial score (nSPS) is 7.43. The SMILES string of the molecule is C=NCN=C(N)N. The van der Waals surface area contributed by atoms with Crippen LogP contribution >= 0.6 is 0 Å². The summed E-state index contributed by atoms with van der Waals surface area (Å²) in [7, 11) is 0. The van der Waals surface area contributed by atoms with Crippen LogP contribution in [0.5, 0.6) is 0 Å². The van der Waals surface area contributed by atoms with Gasteiger partial charge in [0, 0.05) is 0 Å². The van der Waals surface area contributed by atoms with Crippen molar-refractivity contribution in [3.8, 4) is 0 Å². The summed E-state index contributed by atoms with van der Waals surface area (Å²) in [5.74, 6) is 0.0485. The van der Waals surface area contributed by atoms with Crippen LogP contribution in [0.4, 0.5) is 0 Å². The third-order valence-corrected chi connectivity index (χ3v) is 0.353. The number of hydrogen-bond donors (Lipinski definition) is 2. The maximum absolute atomic E-state index is 4.92. The van der Waals surface area contributed by atoms with Crippen molar-refractivity contribution in [2.45, 2.75) is 0 Å². The Morgan fingerprint density at radius 3 is 2.29 bits per heavy atom. The van der Waals surface area contributed by atoms with Gasteiger partial charge in [0.1, 0.15) is 6.67 Å². The van der Waals surface area contributed by atoms with Gasteiger partial charge >= 0.3 is 0 Å². The molecule has 0 spiro atoms. The van der Waals surface area contributed by atoms with E-state index in [0.717, 1.165) is 0 Å². The lowest BCUT2D eigenvalue weighted by atomic mass is 11.0. The van der Waals surface area contributed by atoms with E-state index in [1.165, 1.54) is 0 Å². The molecule has 0 fully saturated rings. The maximum atomic E-state index is 4.92. The van der Waals surface area contributed by atoms with Crippen LogP contribution in [0.25, 0.3) is 0 Å². The van der Waals surface area contributed by atoms with Crippen molar-refractivity contribution < 1.29 is 0 Å². The third-order valence-electron chi connectivity index (χ3n) is 0.353. The van der Waals surface area contributed by atoms with Gasteiger partial charge in [-0.05, 0) is 6.72 Å². The molecular weight excluding hydrogens is 92.1 g/mol. The second-order valence-electron chi connectivity index (χ2n) is 0.948. The molecule has 7 heavy (non-hydrogen) atoms. The van der Waals surface area contributed by atoms with Crippen LogP contribution in [0.15, 0.2) is 9.98 Å². The van der Waals surface area contributed by atoms with E-state index in [1.807, 2.05) is 0 Å². The fourth-order valence-electron chi connectivity index (χ4n) is 0.132. The Bertz CT molecular complexity index is 80.9. The van der Waals surface area contributed by atoms with Gasteiger partial charge in [0.05, 0.1) is 0 Å². The Morgan fingerprint density at radius 1 is 1.57 bits per heavy atom. The predicted molar refractivity (Wildman–Crippen MR) is 30.2 cm³/mol. The van der Waals surface area contributed by atoms with E-state index in [0.29, 0.717) is 0 Å². The topological polar surface area (TPSA) is 76.8 Å². The van der Waals surface area contributed by atoms with Gasteiger partial charge in [0.15, 0.2) is 5.96 Å². The van der Waals surface area contributed by atoms with E-state index in [9.17, 15) is 0 Å². The van der Waals surface area contributed by atoms with E-state index in [1.54, 1.807) is 0 Å². The first kappa shape index (κ1) is 5.94. The molecule has 4 N–H and O–H groups in total. The minimum absolute atomic E-state index is 0.0485. The van der Waals surface area contributed by atoms with Crippen molar-refractivity contribution in [2.24, 2.45) is 21.5 Å². The van der Waals surface area contributed by atoms with Crippen LogP contribution in [-0.2, 0) is 0 Å². The number of rotatable bonds is 2. The fourth-order valence-corrected chi connectivity index (χ4v) is 0.132. The summed E-state index contributed by atoms with van der Waals surface area (Å²) in [6.07, 6.45) is 0. The number of hydrogen-bond acceptors (Lipinski definition) is 2. The van der Waals surface area contributed by atoms with Crippen molar-refractivity contribution in [2.75, 3.05) is 6.67 Å². The molecule has 0 radical (unpaired) electrons. The lowest BCUT2D eigenvalue weighted by Gasteiger charge is -1.83. The van der Waals surface area contributed by atoms with Crippen molar-refractivity contribution >= 4 is 12.7 Å². The summed E-state index contributed by atoms with van der Waals surface area (Å²) in [4.78, 5) is 6.86. The summed E-state index contributed by atoms with van der Waals surface area (Å²) in [6.45, 7) is 3.42. The Morgan fingerprint density at radius 2 is 2.14 bits per heavy atom. The van der Waals surface area contributed by atoms with Gasteiger partial charge in [-0.3, -0.25) is 4.99 Å². The highest BCUT2D eigenvalue weighted by Crippen LogP contribution is 1.63. The van der Waals surface area contributed by atoms with Gasteiger partial charge in [0.25, 0.3) is 0 Å². The molecule has 0 unspecified atom stereocenters. The molecular formula is C3H8N4. The molecule has 0 aromatic carbocycles. The van der Waals surface area contributed by atoms with Crippen molar-refractivity contribution in [1.29, 1.82) is 0 Å². The van der Waals surface area contributed by atoms with Crippen LogP contribution in [0.2, 0.25) is 0 Å². The Hall–Kier alpha value is -1.06. The van der Waals surface area contributed by atoms with Gasteiger partial charge in [-0.2, -0.15) is 0 Å². The lowest BCUT2D eigenvalue weighted by Crippen LogP contribution is -2.22. The maximum Gasteiger partial charge on any atom is 0.187 e. The van der Waals surface area contributed by atoms with E-state index in [2.05, 4.69) is 16.7 Å². The van der Waals surface area contributed by atoms with Crippen LogP contribution in [0.3, 0.4) is 0 Å². The first-order chi connectivity index (χ1) is 3.27. The molecule has 0 aliphatic rings. The zero-order valence-electron chi connectivity index (χ0n) is 3.96. The monoisotopic (exact) mass is 100 g/mol. The largest absolute Gasteiger partial charge is 0.370 e. The first-order valence-corrected chi connectivity index (χ1v) is 1.75. The molecule has 0 aromatic rings. The van der Waals surface area contributed by atoms with E-state index in [4.69, 9.17) is 11.5 Å². The second-order valence-corrected chi connectivity index (χ2v) is 0.948. The molecule has 0 amide bonds. The summed E-state index contributed by atoms with van der Waals surface area (Å²) in [5, 5.41) is 0. The summed E-state index contributed by atoms with van der Waals surface area (Å²) in [5.41, 5.74) is 9.84. The molecule has 0 rings (SSSR count). The summed E-state index contributed by atoms with van der Waals surface area (Å²) in [6, 6.07) is 0. The molecule has 40 valence electrons. The molecule has 4 heteroatoms. The third kappa shape index (κ3) is 4.94. The van der Waals surface area contributed by atoms with Crippen LogP contribution < -0.4 is 11.5 Å². The molecule has 0 aliphatic carbocycles. The zero-order chi connectivity index (χ0) is 5.70. The number of aliphatic imine (C=N–C) groups is 2. The average molecular weight is 100 g/mol. The molecule has 4 nitrogen and oxygen atoms in total. The Kier molecular flexibility index (Phi) is 2.67. The number of nitrogens with zero attached hydrogens (tertiary/aromatic N) is 2. The quantitative estimate of drug-likeness (QED) is 0.342. The molecule has 0 heterocycles. The fraction of sp³-hybridized carbons (Fsp3) is 0.333. The predicted octanol–water partition coefficient (Wildman–Crippen LogP) is -1.08. The molecule has 0 bridgehead atoms. The summed E-state index contributed by atoms with van der Waals surface area (Å²) < 4.78 is 0. The second kappa shape index (κ2) is 3.14. The number of guanidine groups is 1. The average Bonchev–Trinajstić information content (AvgIpc) is 1.61. The molecule has 0 aliphatic heterocycles. The molecule has 0 atom stereocenters. The molecule has 0 saturated carbocycles. The van der Waals surface area contributed by atoms with Crippen molar-refractivity contribution in [3.63, 3.8) is 0 Å². The zero-order valence-corrected chi connectivity index (χ0v) is 3.96. The van der Waals surface area contributed by atoms with Gasteiger partial charge in [-0.1, -0.05) is 0 Å². The van der Waals surface area contributed by atoms with Gasteiger partial charge in [-0.25, -0.2) is 4.99 Å². The highest BCUT2D eigenvalue weighted by atomic mass is 15.0. The molecule has 0 saturated heterocycles. The van der Waals surface area contributed by atoms with Gasteiger partial charge in [0.2, 0.25) is 0 Å². The minimum Gasteiger partial charge on any atom is -0.370 e. The first-order valence-electron chi connectivity index (χ1n) is 1.75. The van der Waals surface area contributed by atoms with Crippen molar-refractivity contribution in [1.82, 2.24) is 0 Å². The van der Waals surface area contributed by atoms with Gasteiger partial charge in [-0.15, -0.1) is 0 Å². The van der Waals surface area contributed by atoms with Crippen LogP contribution in [0.1, 0.15) is 0 Å². The Balaban J connectivity index is 3.25. The molecule has 0 aromatic heterocycles. The van der Waals surface area contributed by atoms with Gasteiger partial charge < -0.3 is 11.5 Å². The van der Waals surface area contributed by atoms with Crippen LogP contribution in [-0.4, -0.2) is 19.3 Å². The van der Waals surface area contributed by atoms with Crippen LogP contribution in [0, 0.1) is 0 Å². The smallest absolute Gasteiger partial charge is 0.187 e. The van der Waals surface area contributed by atoms with E-state index in [-0.39, 0.29) is 12.6 Å². The van der Waals surface area contributed by atoms with E-state index >= 15 is 0 Å². The minimum atomic E-state index is 0.0485. The highest BCUT2D eigenvalue weighted by Gasteiger charge is 1.71. The standard InChI is InChI=1S/C3H8N4/c1-6-2-7-3(4)5/h1-2H2,(H4,4,5,7). The van der Waals surface area contributed by atoms with Crippen molar-refractivity contribution in [3.05, 3.63) is 0 Å².